The molecule has 3 aromatic rings. The number of amides is 2. The second-order valence-electron chi connectivity index (χ2n) is 6.54. The van der Waals surface area contributed by atoms with Crippen LogP contribution in [0.25, 0.3) is 11.3 Å². The highest BCUT2D eigenvalue weighted by Gasteiger charge is 2.16. The Kier molecular flexibility index (Phi) is 4.89. The van der Waals surface area contributed by atoms with Crippen molar-refractivity contribution in [3.05, 3.63) is 54.5 Å². The number of hydrogen-bond acceptors (Lipinski definition) is 4. The van der Waals surface area contributed by atoms with Crippen molar-refractivity contribution in [2.45, 2.75) is 19.4 Å². The third-order valence-corrected chi connectivity index (χ3v) is 4.82. The number of aryl methyl sites for hydroxylation is 1. The van der Waals surface area contributed by atoms with Gasteiger partial charge in [-0.3, -0.25) is 0 Å². The number of rotatable bonds is 5. The molecule has 2 aromatic carbocycles. The normalized spacial score (nSPS) is 12.4. The molecule has 2 amide bonds. The molecular formula is C21H22N4O3. The number of nitrogens with zero attached hydrogens (tertiary/aromatic N) is 2. The van der Waals surface area contributed by atoms with Crippen molar-refractivity contribution in [2.75, 3.05) is 24.9 Å². The van der Waals surface area contributed by atoms with Gasteiger partial charge in [0.05, 0.1) is 31.8 Å². The molecule has 2 N–H and O–H groups in total. The molecule has 2 heterocycles. The van der Waals surface area contributed by atoms with E-state index in [1.54, 1.807) is 32.4 Å². The van der Waals surface area contributed by atoms with E-state index in [0.29, 0.717) is 22.9 Å². The number of aromatic nitrogens is 2. The summed E-state index contributed by atoms with van der Waals surface area (Å²) in [5, 5.41) is 5.63. The molecule has 0 unspecified atom stereocenters. The first-order chi connectivity index (χ1) is 13.7. The zero-order valence-corrected chi connectivity index (χ0v) is 15.9. The van der Waals surface area contributed by atoms with Crippen LogP contribution in [0.5, 0.6) is 11.5 Å². The fraction of sp³-hybridized carbons (Fsp3) is 0.238. The summed E-state index contributed by atoms with van der Waals surface area (Å²) >= 11 is 0. The van der Waals surface area contributed by atoms with Crippen LogP contribution in [0.2, 0.25) is 0 Å². The molecule has 0 spiro atoms. The minimum absolute atomic E-state index is 0.346. The first kappa shape index (κ1) is 17.9. The number of carbonyl (C=O) groups is 1. The Morgan fingerprint density at radius 2 is 1.89 bits per heavy atom. The van der Waals surface area contributed by atoms with E-state index < -0.39 is 0 Å². The highest BCUT2D eigenvalue weighted by molar-refractivity contribution is 6.00. The largest absolute Gasteiger partial charge is 0.497 e. The van der Waals surface area contributed by atoms with Crippen LogP contribution in [0.4, 0.5) is 16.2 Å². The Labute approximate surface area is 163 Å². The van der Waals surface area contributed by atoms with Crippen LogP contribution in [-0.4, -0.2) is 29.8 Å². The average molecular weight is 378 g/mol. The van der Waals surface area contributed by atoms with Crippen molar-refractivity contribution in [1.29, 1.82) is 0 Å². The molecule has 4 rings (SSSR count). The van der Waals surface area contributed by atoms with Crippen LogP contribution in [0, 0.1) is 0 Å². The monoisotopic (exact) mass is 378 g/mol. The number of anilines is 2. The summed E-state index contributed by atoms with van der Waals surface area (Å²) in [6, 6.07) is 12.6. The first-order valence-electron chi connectivity index (χ1n) is 9.13. The maximum absolute atomic E-state index is 12.3. The fourth-order valence-corrected chi connectivity index (χ4v) is 3.40. The summed E-state index contributed by atoms with van der Waals surface area (Å²) in [4.78, 5) is 16.8. The van der Waals surface area contributed by atoms with Crippen molar-refractivity contribution in [3.63, 3.8) is 0 Å². The number of urea groups is 1. The van der Waals surface area contributed by atoms with Gasteiger partial charge in [-0.1, -0.05) is 12.1 Å². The van der Waals surface area contributed by atoms with E-state index in [9.17, 15) is 4.79 Å². The lowest BCUT2D eigenvalue weighted by Gasteiger charge is -2.12. The lowest BCUT2D eigenvalue weighted by molar-refractivity contribution is 0.262. The van der Waals surface area contributed by atoms with Gasteiger partial charge in [-0.15, -0.1) is 0 Å². The lowest BCUT2D eigenvalue weighted by Crippen LogP contribution is -2.19. The average Bonchev–Trinajstić information content (AvgIpc) is 3.33. The van der Waals surface area contributed by atoms with Gasteiger partial charge in [0.15, 0.2) is 0 Å². The SMILES string of the molecule is COc1ccc(NC(=O)Nc2ccc(-c3cnc4n3CCC4)cc2)c(OC)c1. The number of imidazole rings is 1. The quantitative estimate of drug-likeness (QED) is 0.699. The summed E-state index contributed by atoms with van der Waals surface area (Å²) in [5.41, 5.74) is 3.47. The summed E-state index contributed by atoms with van der Waals surface area (Å²) < 4.78 is 12.7. The summed E-state index contributed by atoms with van der Waals surface area (Å²) in [5.74, 6) is 2.33. The number of hydrogen-bond donors (Lipinski definition) is 2. The number of nitrogens with one attached hydrogen (secondary N) is 2. The Bertz CT molecular complexity index is 995. The van der Waals surface area contributed by atoms with Gasteiger partial charge < -0.3 is 24.7 Å². The van der Waals surface area contributed by atoms with Gasteiger partial charge in [0.1, 0.15) is 17.3 Å². The van der Waals surface area contributed by atoms with Gasteiger partial charge in [-0.2, -0.15) is 0 Å². The predicted molar refractivity (Wildman–Crippen MR) is 108 cm³/mol. The second-order valence-corrected chi connectivity index (χ2v) is 6.54. The predicted octanol–water partition coefficient (Wildman–Crippen LogP) is 4.16. The van der Waals surface area contributed by atoms with E-state index in [4.69, 9.17) is 9.47 Å². The van der Waals surface area contributed by atoms with Crippen LogP contribution < -0.4 is 20.1 Å². The van der Waals surface area contributed by atoms with E-state index in [1.807, 2.05) is 30.5 Å². The third kappa shape index (κ3) is 3.51. The van der Waals surface area contributed by atoms with E-state index >= 15 is 0 Å². The molecule has 7 heteroatoms. The molecule has 28 heavy (non-hydrogen) atoms. The molecule has 7 nitrogen and oxygen atoms in total. The van der Waals surface area contributed by atoms with Crippen LogP contribution in [0.1, 0.15) is 12.2 Å². The molecule has 144 valence electrons. The highest BCUT2D eigenvalue weighted by Crippen LogP contribution is 2.29. The van der Waals surface area contributed by atoms with Gasteiger partial charge in [0, 0.05) is 24.7 Å². The molecular weight excluding hydrogens is 356 g/mol. The zero-order valence-electron chi connectivity index (χ0n) is 15.9. The molecule has 0 saturated heterocycles. The summed E-state index contributed by atoms with van der Waals surface area (Å²) in [6.45, 7) is 1.01. The molecule has 1 aliphatic heterocycles. The van der Waals surface area contributed by atoms with Crippen molar-refractivity contribution in [2.24, 2.45) is 0 Å². The van der Waals surface area contributed by atoms with E-state index in [0.717, 1.165) is 36.5 Å². The molecule has 0 aliphatic carbocycles. The number of carbonyl (C=O) groups excluding carboxylic acids is 1. The van der Waals surface area contributed by atoms with Gasteiger partial charge in [-0.05, 0) is 36.2 Å². The Morgan fingerprint density at radius 3 is 2.64 bits per heavy atom. The van der Waals surface area contributed by atoms with Crippen molar-refractivity contribution in [3.8, 4) is 22.8 Å². The maximum Gasteiger partial charge on any atom is 0.323 e. The number of benzene rings is 2. The van der Waals surface area contributed by atoms with Crippen LogP contribution in [0.15, 0.2) is 48.7 Å². The standard InChI is InChI=1S/C21H22N4O3/c1-27-16-9-10-17(19(12-16)28-2)24-21(26)23-15-7-5-14(6-8-15)18-13-22-20-4-3-11-25(18)20/h5-10,12-13H,3-4,11H2,1-2H3,(H2,23,24,26). The first-order valence-corrected chi connectivity index (χ1v) is 9.13. The third-order valence-electron chi connectivity index (χ3n) is 4.82. The zero-order chi connectivity index (χ0) is 19.5. The molecule has 0 radical (unpaired) electrons. The number of fused-ring (bicyclic) bond motifs is 1. The number of methoxy groups -OCH3 is 2. The van der Waals surface area contributed by atoms with E-state index in [2.05, 4.69) is 20.2 Å². The molecule has 0 saturated carbocycles. The van der Waals surface area contributed by atoms with Crippen molar-refractivity contribution < 1.29 is 14.3 Å². The molecule has 1 aromatic heterocycles. The van der Waals surface area contributed by atoms with Crippen LogP contribution >= 0.6 is 0 Å². The van der Waals surface area contributed by atoms with Crippen LogP contribution in [-0.2, 0) is 13.0 Å². The van der Waals surface area contributed by atoms with Crippen molar-refractivity contribution >= 4 is 17.4 Å². The molecule has 1 aliphatic rings. The maximum atomic E-state index is 12.3. The fourth-order valence-electron chi connectivity index (χ4n) is 3.40. The minimum atomic E-state index is -0.346. The summed E-state index contributed by atoms with van der Waals surface area (Å²) in [7, 11) is 3.13. The molecule has 0 bridgehead atoms. The van der Waals surface area contributed by atoms with Gasteiger partial charge in [-0.25, -0.2) is 9.78 Å². The highest BCUT2D eigenvalue weighted by atomic mass is 16.5. The van der Waals surface area contributed by atoms with E-state index in [-0.39, 0.29) is 6.03 Å². The Balaban J connectivity index is 1.44. The second kappa shape index (κ2) is 7.64. The molecule has 0 fully saturated rings. The summed E-state index contributed by atoms with van der Waals surface area (Å²) in [6.07, 6.45) is 4.10. The molecule has 0 atom stereocenters. The van der Waals surface area contributed by atoms with E-state index in [1.165, 1.54) is 0 Å². The smallest absolute Gasteiger partial charge is 0.323 e. The number of ether oxygens (including phenoxy) is 2. The van der Waals surface area contributed by atoms with Gasteiger partial charge in [0.2, 0.25) is 0 Å². The van der Waals surface area contributed by atoms with Crippen LogP contribution in [0.3, 0.4) is 0 Å². The van der Waals surface area contributed by atoms with Crippen molar-refractivity contribution in [1.82, 2.24) is 9.55 Å². The Hall–Kier alpha value is -3.48. The van der Waals surface area contributed by atoms with Gasteiger partial charge in [0.25, 0.3) is 0 Å². The lowest BCUT2D eigenvalue weighted by atomic mass is 10.1. The topological polar surface area (TPSA) is 77.4 Å². The Morgan fingerprint density at radius 1 is 1.07 bits per heavy atom. The van der Waals surface area contributed by atoms with Gasteiger partial charge >= 0.3 is 6.03 Å². The minimum Gasteiger partial charge on any atom is -0.497 e.